The second-order valence-corrected chi connectivity index (χ2v) is 8.06. The number of carbonyl (C=O) groups excluding carboxylic acids is 1. The van der Waals surface area contributed by atoms with Crippen LogP contribution in [0.25, 0.3) is 0 Å². The summed E-state index contributed by atoms with van der Waals surface area (Å²) in [5, 5.41) is 0. The number of hydrogen-bond acceptors (Lipinski definition) is 3. The molecule has 1 saturated heterocycles. The van der Waals surface area contributed by atoms with Gasteiger partial charge in [0.15, 0.2) is 0 Å². The lowest BCUT2D eigenvalue weighted by Crippen LogP contribution is -2.39. The Labute approximate surface area is 184 Å². The number of rotatable bonds is 7. The van der Waals surface area contributed by atoms with E-state index in [1.807, 2.05) is 47.4 Å². The molecule has 4 rings (SSSR count). The Hall–Kier alpha value is -3.27. The molecule has 3 aromatic carbocycles. The number of carbonyl (C=O) groups is 1. The summed E-state index contributed by atoms with van der Waals surface area (Å²) in [4.78, 5) is 15.1. The van der Waals surface area contributed by atoms with Crippen molar-refractivity contribution in [1.82, 2.24) is 4.90 Å². The lowest BCUT2D eigenvalue weighted by atomic mass is 9.90. The third-order valence-corrected chi connectivity index (χ3v) is 5.92. The van der Waals surface area contributed by atoms with E-state index in [0.717, 1.165) is 37.9 Å². The molecule has 0 radical (unpaired) electrons. The molecule has 3 aromatic rings. The van der Waals surface area contributed by atoms with Crippen LogP contribution in [0.4, 0.5) is 0 Å². The van der Waals surface area contributed by atoms with E-state index < -0.39 is 0 Å². The molecule has 0 atom stereocenters. The van der Waals surface area contributed by atoms with Crippen molar-refractivity contribution in [1.29, 1.82) is 0 Å². The highest BCUT2D eigenvalue weighted by atomic mass is 16.5. The number of methoxy groups -OCH3 is 1. The van der Waals surface area contributed by atoms with Gasteiger partial charge in [0.05, 0.1) is 12.7 Å². The predicted molar refractivity (Wildman–Crippen MR) is 123 cm³/mol. The first-order valence-electron chi connectivity index (χ1n) is 10.9. The minimum atomic E-state index is 0.0321. The molecular weight excluding hydrogens is 386 g/mol. The first-order chi connectivity index (χ1) is 15.2. The summed E-state index contributed by atoms with van der Waals surface area (Å²) in [5.74, 6) is 1.91. The average molecular weight is 416 g/mol. The third-order valence-electron chi connectivity index (χ3n) is 5.92. The second-order valence-electron chi connectivity index (χ2n) is 8.06. The van der Waals surface area contributed by atoms with E-state index in [-0.39, 0.29) is 5.91 Å². The largest absolute Gasteiger partial charge is 0.496 e. The van der Waals surface area contributed by atoms with Crippen molar-refractivity contribution in [3.05, 3.63) is 95.6 Å². The van der Waals surface area contributed by atoms with Gasteiger partial charge < -0.3 is 14.4 Å². The van der Waals surface area contributed by atoms with Gasteiger partial charge in [-0.1, -0.05) is 60.7 Å². The van der Waals surface area contributed by atoms with Gasteiger partial charge >= 0.3 is 0 Å². The molecule has 1 heterocycles. The van der Waals surface area contributed by atoms with Crippen LogP contribution >= 0.6 is 0 Å². The van der Waals surface area contributed by atoms with Crippen molar-refractivity contribution in [2.45, 2.75) is 25.9 Å². The third kappa shape index (κ3) is 5.46. The maximum absolute atomic E-state index is 13.1. The zero-order valence-corrected chi connectivity index (χ0v) is 18.0. The van der Waals surface area contributed by atoms with Gasteiger partial charge in [0.2, 0.25) is 0 Å². The lowest BCUT2D eigenvalue weighted by Gasteiger charge is -2.32. The van der Waals surface area contributed by atoms with Gasteiger partial charge in [0, 0.05) is 19.2 Å². The number of nitrogens with zero attached hydrogens (tertiary/aromatic N) is 1. The Morgan fingerprint density at radius 1 is 0.903 bits per heavy atom. The minimum Gasteiger partial charge on any atom is -0.496 e. The maximum Gasteiger partial charge on any atom is 0.257 e. The molecule has 0 unspecified atom stereocenters. The summed E-state index contributed by atoms with van der Waals surface area (Å²) in [5.41, 5.74) is 3.07. The fraction of sp³-hybridized carbons (Fsp3) is 0.296. The van der Waals surface area contributed by atoms with Crippen LogP contribution in [-0.2, 0) is 13.0 Å². The Bertz CT molecular complexity index is 980. The Morgan fingerprint density at radius 3 is 2.19 bits per heavy atom. The summed E-state index contributed by atoms with van der Waals surface area (Å²) < 4.78 is 11.4. The fourth-order valence-electron chi connectivity index (χ4n) is 4.14. The fourth-order valence-corrected chi connectivity index (χ4v) is 4.14. The van der Waals surface area contributed by atoms with Gasteiger partial charge in [-0.25, -0.2) is 0 Å². The number of benzene rings is 3. The van der Waals surface area contributed by atoms with Crippen molar-refractivity contribution in [3.63, 3.8) is 0 Å². The quantitative estimate of drug-likeness (QED) is 0.521. The SMILES string of the molecule is COc1cc(OCc2ccccc2)ccc1C(=O)N1CCC(Cc2ccccc2)CC1. The molecule has 1 aliphatic heterocycles. The number of piperidine rings is 1. The van der Waals surface area contributed by atoms with Crippen LogP contribution in [0.15, 0.2) is 78.9 Å². The van der Waals surface area contributed by atoms with Crippen molar-refractivity contribution >= 4 is 5.91 Å². The van der Waals surface area contributed by atoms with E-state index >= 15 is 0 Å². The Morgan fingerprint density at radius 2 is 1.55 bits per heavy atom. The van der Waals surface area contributed by atoms with E-state index in [2.05, 4.69) is 30.3 Å². The molecule has 1 fully saturated rings. The highest BCUT2D eigenvalue weighted by Crippen LogP contribution is 2.29. The molecule has 0 aromatic heterocycles. The van der Waals surface area contributed by atoms with Crippen molar-refractivity contribution in [3.8, 4) is 11.5 Å². The molecular formula is C27H29NO3. The first-order valence-corrected chi connectivity index (χ1v) is 10.9. The summed E-state index contributed by atoms with van der Waals surface area (Å²) in [6.07, 6.45) is 3.14. The molecule has 0 aliphatic carbocycles. The molecule has 31 heavy (non-hydrogen) atoms. The summed E-state index contributed by atoms with van der Waals surface area (Å²) in [6.45, 7) is 2.05. The second kappa shape index (κ2) is 10.2. The topological polar surface area (TPSA) is 38.8 Å². The van der Waals surface area contributed by atoms with Crippen LogP contribution in [-0.4, -0.2) is 31.0 Å². The normalized spacial score (nSPS) is 14.3. The molecule has 1 amide bonds. The van der Waals surface area contributed by atoms with Gasteiger partial charge in [-0.15, -0.1) is 0 Å². The highest BCUT2D eigenvalue weighted by molar-refractivity contribution is 5.97. The van der Waals surface area contributed by atoms with Crippen molar-refractivity contribution in [2.75, 3.05) is 20.2 Å². The predicted octanol–water partition coefficient (Wildman–Crippen LogP) is 5.37. The zero-order valence-electron chi connectivity index (χ0n) is 18.0. The molecule has 4 nitrogen and oxygen atoms in total. The molecule has 0 N–H and O–H groups in total. The number of amides is 1. The average Bonchev–Trinajstić information content (AvgIpc) is 2.84. The van der Waals surface area contributed by atoms with Gasteiger partial charge in [-0.3, -0.25) is 4.79 Å². The van der Waals surface area contributed by atoms with Gasteiger partial charge in [-0.2, -0.15) is 0 Å². The van der Waals surface area contributed by atoms with Gasteiger partial charge in [-0.05, 0) is 48.4 Å². The number of ether oxygens (including phenoxy) is 2. The standard InChI is InChI=1S/C27H29NO3/c1-30-26-19-24(31-20-23-10-6-3-7-11-23)12-13-25(26)27(29)28-16-14-22(15-17-28)18-21-8-4-2-5-9-21/h2-13,19,22H,14-18,20H2,1H3. The van der Waals surface area contributed by atoms with E-state index in [1.54, 1.807) is 13.2 Å². The van der Waals surface area contributed by atoms with Crippen molar-refractivity contribution in [2.24, 2.45) is 5.92 Å². The zero-order chi connectivity index (χ0) is 21.5. The Kier molecular flexibility index (Phi) is 6.88. The van der Waals surface area contributed by atoms with Crippen LogP contribution in [0.3, 0.4) is 0 Å². The first kappa shape index (κ1) is 21.0. The maximum atomic E-state index is 13.1. The van der Waals surface area contributed by atoms with Crippen LogP contribution < -0.4 is 9.47 Å². The minimum absolute atomic E-state index is 0.0321. The molecule has 0 spiro atoms. The molecule has 4 heteroatoms. The van der Waals surface area contributed by atoms with E-state index in [4.69, 9.17) is 9.47 Å². The van der Waals surface area contributed by atoms with Crippen LogP contribution in [0.1, 0.15) is 34.3 Å². The molecule has 160 valence electrons. The summed E-state index contributed by atoms with van der Waals surface area (Å²) >= 11 is 0. The summed E-state index contributed by atoms with van der Waals surface area (Å²) in [6, 6.07) is 26.1. The van der Waals surface area contributed by atoms with Crippen molar-refractivity contribution < 1.29 is 14.3 Å². The van der Waals surface area contributed by atoms with E-state index in [1.165, 1.54) is 5.56 Å². The van der Waals surface area contributed by atoms with Crippen LogP contribution in [0.2, 0.25) is 0 Å². The molecule has 1 aliphatic rings. The highest BCUT2D eigenvalue weighted by Gasteiger charge is 2.25. The van der Waals surface area contributed by atoms with Gasteiger partial charge in [0.1, 0.15) is 18.1 Å². The van der Waals surface area contributed by atoms with E-state index in [9.17, 15) is 4.79 Å². The lowest BCUT2D eigenvalue weighted by molar-refractivity contribution is 0.0687. The monoisotopic (exact) mass is 415 g/mol. The Balaban J connectivity index is 1.35. The number of likely N-dealkylation sites (tertiary alicyclic amines) is 1. The van der Waals surface area contributed by atoms with E-state index in [0.29, 0.717) is 29.6 Å². The molecule has 0 bridgehead atoms. The van der Waals surface area contributed by atoms with Crippen LogP contribution in [0, 0.1) is 5.92 Å². The summed E-state index contributed by atoms with van der Waals surface area (Å²) in [7, 11) is 1.60. The smallest absolute Gasteiger partial charge is 0.257 e. The van der Waals surface area contributed by atoms with Gasteiger partial charge in [0.25, 0.3) is 5.91 Å². The molecule has 0 saturated carbocycles. The van der Waals surface area contributed by atoms with Crippen LogP contribution in [0.5, 0.6) is 11.5 Å². The number of hydrogen-bond donors (Lipinski definition) is 0.